The molecule has 72 valence electrons. The highest BCUT2D eigenvalue weighted by Gasteiger charge is 2.12. The zero-order valence-corrected chi connectivity index (χ0v) is 8.44. The molecule has 0 unspecified atom stereocenters. The maximum Gasteiger partial charge on any atom is 0.0794 e. The summed E-state index contributed by atoms with van der Waals surface area (Å²) in [6, 6.07) is 0.688. The van der Waals surface area contributed by atoms with Crippen LogP contribution in [0, 0.1) is 0 Å². The third-order valence-electron chi connectivity index (χ3n) is 2.34. The molecule has 1 aromatic rings. The summed E-state index contributed by atoms with van der Waals surface area (Å²) in [6.07, 6.45) is 4.57. The van der Waals surface area contributed by atoms with Gasteiger partial charge in [0.1, 0.15) is 0 Å². The Morgan fingerprint density at radius 1 is 1.69 bits per heavy atom. The van der Waals surface area contributed by atoms with E-state index in [9.17, 15) is 0 Å². The lowest BCUT2D eigenvalue weighted by Crippen LogP contribution is -2.33. The van der Waals surface area contributed by atoms with Gasteiger partial charge in [-0.1, -0.05) is 0 Å². The number of hydrogen-bond donors (Lipinski definition) is 2. The molecule has 13 heavy (non-hydrogen) atoms. The highest BCUT2D eigenvalue weighted by atomic mass is 32.1. The van der Waals surface area contributed by atoms with Crippen LogP contribution in [0.1, 0.15) is 17.7 Å². The summed E-state index contributed by atoms with van der Waals surface area (Å²) < 4.78 is 0. The Hall–Kier alpha value is -0.450. The molecule has 1 aromatic heterocycles. The molecule has 1 atom stereocenters. The van der Waals surface area contributed by atoms with Gasteiger partial charge in [-0.2, -0.15) is 0 Å². The molecule has 0 spiro atoms. The summed E-state index contributed by atoms with van der Waals surface area (Å²) in [5.74, 6) is 0. The van der Waals surface area contributed by atoms with E-state index in [1.165, 1.54) is 24.3 Å². The predicted molar refractivity (Wildman–Crippen MR) is 54.8 cm³/mol. The van der Waals surface area contributed by atoms with E-state index in [2.05, 4.69) is 15.6 Å². The number of rotatable bonds is 4. The van der Waals surface area contributed by atoms with E-state index in [1.807, 2.05) is 11.7 Å². The second-order valence-corrected chi connectivity index (χ2v) is 4.36. The van der Waals surface area contributed by atoms with Crippen molar-refractivity contribution in [3.63, 3.8) is 0 Å². The first-order valence-corrected chi connectivity index (χ1v) is 5.64. The van der Waals surface area contributed by atoms with E-state index in [-0.39, 0.29) is 0 Å². The fourth-order valence-electron chi connectivity index (χ4n) is 1.63. The van der Waals surface area contributed by atoms with Gasteiger partial charge in [-0.15, -0.1) is 11.3 Å². The van der Waals surface area contributed by atoms with E-state index >= 15 is 0 Å². The average Bonchev–Trinajstić information content (AvgIpc) is 2.75. The van der Waals surface area contributed by atoms with Crippen LogP contribution in [0.15, 0.2) is 11.7 Å². The third kappa shape index (κ3) is 2.76. The number of hydrogen-bond acceptors (Lipinski definition) is 4. The summed E-state index contributed by atoms with van der Waals surface area (Å²) in [4.78, 5) is 5.35. The van der Waals surface area contributed by atoms with Gasteiger partial charge in [0.05, 0.1) is 5.51 Å². The molecule has 0 bridgehead atoms. The Morgan fingerprint density at radius 3 is 3.38 bits per heavy atom. The molecule has 0 saturated carbocycles. The molecule has 0 aliphatic carbocycles. The van der Waals surface area contributed by atoms with Crippen LogP contribution in [-0.4, -0.2) is 24.1 Å². The quantitative estimate of drug-likeness (QED) is 0.755. The molecule has 2 rings (SSSR count). The van der Waals surface area contributed by atoms with Crippen LogP contribution in [-0.2, 0) is 6.54 Å². The molecule has 3 nitrogen and oxygen atoms in total. The summed E-state index contributed by atoms with van der Waals surface area (Å²) in [6.45, 7) is 3.23. The summed E-state index contributed by atoms with van der Waals surface area (Å²) >= 11 is 1.71. The van der Waals surface area contributed by atoms with Crippen molar-refractivity contribution in [2.24, 2.45) is 0 Å². The minimum absolute atomic E-state index is 0.688. The first-order valence-electron chi connectivity index (χ1n) is 4.76. The van der Waals surface area contributed by atoms with Crippen LogP contribution in [0.3, 0.4) is 0 Å². The van der Waals surface area contributed by atoms with Gasteiger partial charge in [-0.3, -0.25) is 4.98 Å². The Kier molecular flexibility index (Phi) is 3.29. The lowest BCUT2D eigenvalue weighted by atomic mass is 10.2. The number of aromatic nitrogens is 1. The van der Waals surface area contributed by atoms with Crippen LogP contribution in [0.2, 0.25) is 0 Å². The highest BCUT2D eigenvalue weighted by Crippen LogP contribution is 2.06. The first-order chi connectivity index (χ1) is 6.45. The Bertz CT molecular complexity index is 229. The lowest BCUT2D eigenvalue weighted by molar-refractivity contribution is 0.537. The van der Waals surface area contributed by atoms with Crippen molar-refractivity contribution in [3.05, 3.63) is 16.6 Å². The third-order valence-corrected chi connectivity index (χ3v) is 3.12. The van der Waals surface area contributed by atoms with E-state index < -0.39 is 0 Å². The molecular weight excluding hydrogens is 182 g/mol. The predicted octanol–water partition coefficient (Wildman–Crippen LogP) is 0.985. The van der Waals surface area contributed by atoms with Gasteiger partial charge < -0.3 is 10.6 Å². The maximum atomic E-state index is 4.04. The van der Waals surface area contributed by atoms with Crippen molar-refractivity contribution < 1.29 is 0 Å². The molecule has 1 fully saturated rings. The van der Waals surface area contributed by atoms with E-state index in [4.69, 9.17) is 0 Å². The normalized spacial score (nSPS) is 22.3. The monoisotopic (exact) mass is 197 g/mol. The van der Waals surface area contributed by atoms with Gasteiger partial charge >= 0.3 is 0 Å². The number of nitrogens with one attached hydrogen (secondary N) is 2. The summed E-state index contributed by atoms with van der Waals surface area (Å²) in [5.41, 5.74) is 1.88. The number of nitrogens with zero attached hydrogens (tertiary/aromatic N) is 1. The molecule has 4 heteroatoms. The zero-order chi connectivity index (χ0) is 8.93. The fourth-order valence-corrected chi connectivity index (χ4v) is 2.19. The fraction of sp³-hybridized carbons (Fsp3) is 0.667. The van der Waals surface area contributed by atoms with Crippen molar-refractivity contribution in [2.75, 3.05) is 13.1 Å². The van der Waals surface area contributed by atoms with Gasteiger partial charge in [-0.05, 0) is 19.4 Å². The van der Waals surface area contributed by atoms with E-state index in [0.29, 0.717) is 6.04 Å². The molecule has 2 heterocycles. The van der Waals surface area contributed by atoms with Gasteiger partial charge in [0.2, 0.25) is 0 Å². The highest BCUT2D eigenvalue weighted by molar-refractivity contribution is 7.09. The SMILES string of the molecule is c1ncc(CNC[C@@H]2CCCN2)s1. The van der Waals surface area contributed by atoms with Crippen molar-refractivity contribution in [2.45, 2.75) is 25.4 Å². The molecule has 1 aliphatic heterocycles. The van der Waals surface area contributed by atoms with E-state index in [0.717, 1.165) is 13.1 Å². The molecule has 1 saturated heterocycles. The average molecular weight is 197 g/mol. The molecule has 0 radical (unpaired) electrons. The molecule has 2 N–H and O–H groups in total. The van der Waals surface area contributed by atoms with Crippen LogP contribution < -0.4 is 10.6 Å². The summed E-state index contributed by atoms with van der Waals surface area (Å²) in [5, 5.41) is 6.90. The van der Waals surface area contributed by atoms with Gasteiger partial charge in [0, 0.05) is 30.2 Å². The number of thiazole rings is 1. The molecule has 0 aromatic carbocycles. The minimum atomic E-state index is 0.688. The van der Waals surface area contributed by atoms with Crippen molar-refractivity contribution in [3.8, 4) is 0 Å². The smallest absolute Gasteiger partial charge is 0.0794 e. The Labute approximate surface area is 82.6 Å². The van der Waals surface area contributed by atoms with Crippen LogP contribution >= 0.6 is 11.3 Å². The zero-order valence-electron chi connectivity index (χ0n) is 7.62. The van der Waals surface area contributed by atoms with E-state index in [1.54, 1.807) is 11.3 Å². The summed E-state index contributed by atoms with van der Waals surface area (Å²) in [7, 11) is 0. The van der Waals surface area contributed by atoms with Crippen molar-refractivity contribution in [1.29, 1.82) is 0 Å². The maximum absolute atomic E-state index is 4.04. The van der Waals surface area contributed by atoms with Gasteiger partial charge in [-0.25, -0.2) is 0 Å². The molecule has 0 amide bonds. The van der Waals surface area contributed by atoms with Crippen LogP contribution in [0.4, 0.5) is 0 Å². The topological polar surface area (TPSA) is 37.0 Å². The minimum Gasteiger partial charge on any atom is -0.313 e. The Morgan fingerprint density at radius 2 is 2.69 bits per heavy atom. The van der Waals surface area contributed by atoms with Crippen LogP contribution in [0.5, 0.6) is 0 Å². The molecular formula is C9H15N3S. The van der Waals surface area contributed by atoms with Crippen LogP contribution in [0.25, 0.3) is 0 Å². The van der Waals surface area contributed by atoms with Gasteiger partial charge in [0.15, 0.2) is 0 Å². The van der Waals surface area contributed by atoms with Crippen molar-refractivity contribution >= 4 is 11.3 Å². The second kappa shape index (κ2) is 4.69. The standard InChI is InChI=1S/C9H15N3S/c1-2-8(12-3-1)4-10-5-9-6-11-7-13-9/h6-8,10,12H,1-5H2/t8-/m0/s1. The second-order valence-electron chi connectivity index (χ2n) is 3.39. The Balaban J connectivity index is 1.63. The lowest BCUT2D eigenvalue weighted by Gasteiger charge is -2.09. The molecule has 1 aliphatic rings. The van der Waals surface area contributed by atoms with Gasteiger partial charge in [0.25, 0.3) is 0 Å². The first kappa shape index (κ1) is 9.12. The van der Waals surface area contributed by atoms with Crippen molar-refractivity contribution in [1.82, 2.24) is 15.6 Å². The largest absolute Gasteiger partial charge is 0.313 e.